The molecule has 0 bridgehead atoms. The second-order valence-corrected chi connectivity index (χ2v) is 7.60. The normalized spacial score (nSPS) is 11.4. The maximum atomic E-state index is 13.4. The molecule has 34 heavy (non-hydrogen) atoms. The highest BCUT2D eigenvalue weighted by atomic mass is 19.4. The van der Waals surface area contributed by atoms with E-state index in [0.717, 1.165) is 12.1 Å². The first-order valence-corrected chi connectivity index (χ1v) is 10.6. The molecule has 0 saturated heterocycles. The number of carbonyl (C=O) groups is 1. The zero-order valence-electron chi connectivity index (χ0n) is 18.2. The molecule has 0 aliphatic heterocycles. The van der Waals surface area contributed by atoms with Gasteiger partial charge in [-0.15, -0.1) is 0 Å². The number of H-pyrrole nitrogens is 1. The number of carbonyl (C=O) groups excluding carboxylic acids is 1. The molecule has 1 heterocycles. The smallest absolute Gasteiger partial charge is 0.355 e. The predicted molar refractivity (Wildman–Crippen MR) is 124 cm³/mol. The van der Waals surface area contributed by atoms with Crippen molar-refractivity contribution in [1.82, 2.24) is 14.9 Å². The summed E-state index contributed by atoms with van der Waals surface area (Å²) >= 11 is 0. The van der Waals surface area contributed by atoms with E-state index in [2.05, 4.69) is 15.3 Å². The van der Waals surface area contributed by atoms with Gasteiger partial charge in [-0.05, 0) is 49.4 Å². The fourth-order valence-electron chi connectivity index (χ4n) is 3.60. The van der Waals surface area contributed by atoms with Gasteiger partial charge in [0.05, 0.1) is 34.3 Å². The Balaban J connectivity index is 1.61. The van der Waals surface area contributed by atoms with Crippen LogP contribution in [0.5, 0.6) is 0 Å². The van der Waals surface area contributed by atoms with Crippen molar-refractivity contribution in [3.8, 4) is 0 Å². The van der Waals surface area contributed by atoms with Crippen molar-refractivity contribution in [3.05, 3.63) is 100 Å². The van der Waals surface area contributed by atoms with Gasteiger partial charge in [-0.25, -0.2) is 4.98 Å². The number of fused-ring (bicyclic) bond motifs is 1. The van der Waals surface area contributed by atoms with Crippen molar-refractivity contribution < 1.29 is 18.0 Å². The second kappa shape index (κ2) is 9.38. The number of halogens is 3. The Morgan fingerprint density at radius 3 is 2.53 bits per heavy atom. The number of hydrogen-bond acceptors (Lipinski definition) is 4. The Bertz CT molecular complexity index is 1400. The van der Waals surface area contributed by atoms with Crippen LogP contribution in [0.15, 0.2) is 77.6 Å². The summed E-state index contributed by atoms with van der Waals surface area (Å²) in [6, 6.07) is 18.3. The van der Waals surface area contributed by atoms with Gasteiger partial charge in [-0.3, -0.25) is 9.59 Å². The number of aromatic amines is 1. The summed E-state index contributed by atoms with van der Waals surface area (Å²) in [7, 11) is 0. The number of aromatic nitrogens is 2. The molecule has 1 amide bonds. The van der Waals surface area contributed by atoms with Crippen molar-refractivity contribution >= 4 is 28.2 Å². The van der Waals surface area contributed by atoms with Crippen LogP contribution in [-0.2, 0) is 12.7 Å². The van der Waals surface area contributed by atoms with Crippen LogP contribution in [0.4, 0.5) is 24.5 Å². The topological polar surface area (TPSA) is 78.1 Å². The molecule has 0 aliphatic carbocycles. The highest BCUT2D eigenvalue weighted by Crippen LogP contribution is 2.32. The SMILES string of the molecule is CCN(Cc1nc2ccccc2c(=O)[nH]1)C(=O)c1ccccc1Nc1cccc(C(F)(F)F)c1. The molecule has 4 aromatic rings. The zero-order chi connectivity index (χ0) is 24.3. The van der Waals surface area contributed by atoms with E-state index >= 15 is 0 Å². The molecule has 4 rings (SSSR count). The number of hydrogen-bond donors (Lipinski definition) is 2. The van der Waals surface area contributed by atoms with Crippen LogP contribution in [0.3, 0.4) is 0 Å². The van der Waals surface area contributed by atoms with E-state index in [0.29, 0.717) is 29.0 Å². The van der Waals surface area contributed by atoms with Crippen LogP contribution in [0.1, 0.15) is 28.7 Å². The minimum atomic E-state index is -4.48. The Labute approximate surface area is 193 Å². The number of anilines is 2. The molecule has 174 valence electrons. The van der Waals surface area contributed by atoms with Gasteiger partial charge in [0, 0.05) is 12.2 Å². The summed E-state index contributed by atoms with van der Waals surface area (Å²) < 4.78 is 39.2. The molecule has 9 heteroatoms. The van der Waals surface area contributed by atoms with Crippen molar-refractivity contribution in [3.63, 3.8) is 0 Å². The number of nitrogens with one attached hydrogen (secondary N) is 2. The molecule has 6 nitrogen and oxygen atoms in total. The third-order valence-electron chi connectivity index (χ3n) is 5.30. The van der Waals surface area contributed by atoms with E-state index in [4.69, 9.17) is 0 Å². The first kappa shape index (κ1) is 23.0. The molecule has 3 aromatic carbocycles. The summed E-state index contributed by atoms with van der Waals surface area (Å²) in [5.74, 6) is -0.0180. The molecule has 0 fully saturated rings. The van der Waals surface area contributed by atoms with E-state index in [-0.39, 0.29) is 29.3 Å². The van der Waals surface area contributed by atoms with Crippen LogP contribution >= 0.6 is 0 Å². The fourth-order valence-corrected chi connectivity index (χ4v) is 3.60. The molecule has 1 aromatic heterocycles. The highest BCUT2D eigenvalue weighted by Gasteiger charge is 2.30. The molecule has 0 aliphatic rings. The minimum Gasteiger partial charge on any atom is -0.355 e. The molecule has 0 radical (unpaired) electrons. The number of nitrogens with zero attached hydrogens (tertiary/aromatic N) is 2. The van der Waals surface area contributed by atoms with Gasteiger partial charge in [0.25, 0.3) is 11.5 Å². The first-order chi connectivity index (χ1) is 16.3. The number of para-hydroxylation sites is 2. The van der Waals surface area contributed by atoms with Crippen molar-refractivity contribution in [1.29, 1.82) is 0 Å². The van der Waals surface area contributed by atoms with E-state index in [1.807, 2.05) is 0 Å². The maximum absolute atomic E-state index is 13.4. The lowest BCUT2D eigenvalue weighted by atomic mass is 10.1. The molecule has 0 atom stereocenters. The van der Waals surface area contributed by atoms with Gasteiger partial charge >= 0.3 is 6.18 Å². The van der Waals surface area contributed by atoms with E-state index in [1.165, 1.54) is 17.0 Å². The third kappa shape index (κ3) is 4.93. The summed E-state index contributed by atoms with van der Waals surface area (Å²) in [4.78, 5) is 34.4. The van der Waals surface area contributed by atoms with Crippen LogP contribution in [0.2, 0.25) is 0 Å². The van der Waals surface area contributed by atoms with Gasteiger partial charge in [-0.1, -0.05) is 30.3 Å². The van der Waals surface area contributed by atoms with Gasteiger partial charge in [0.15, 0.2) is 0 Å². The Morgan fingerprint density at radius 1 is 1.03 bits per heavy atom. The van der Waals surface area contributed by atoms with Gasteiger partial charge in [0.1, 0.15) is 5.82 Å². The number of amides is 1. The number of benzene rings is 3. The Kier molecular flexibility index (Phi) is 6.36. The average molecular weight is 466 g/mol. The number of alkyl halides is 3. The lowest BCUT2D eigenvalue weighted by Crippen LogP contribution is -2.32. The van der Waals surface area contributed by atoms with Crippen LogP contribution in [0, 0.1) is 0 Å². The quantitative estimate of drug-likeness (QED) is 0.402. The second-order valence-electron chi connectivity index (χ2n) is 7.60. The molecule has 0 unspecified atom stereocenters. The van der Waals surface area contributed by atoms with E-state index in [1.54, 1.807) is 55.5 Å². The van der Waals surface area contributed by atoms with Gasteiger partial charge in [0.2, 0.25) is 0 Å². The summed E-state index contributed by atoms with van der Waals surface area (Å²) in [5.41, 5.74) is 0.295. The molecular weight excluding hydrogens is 445 g/mol. The average Bonchev–Trinajstić information content (AvgIpc) is 2.82. The maximum Gasteiger partial charge on any atom is 0.416 e. The van der Waals surface area contributed by atoms with Crippen LogP contribution in [-0.4, -0.2) is 27.3 Å². The van der Waals surface area contributed by atoms with Gasteiger partial charge < -0.3 is 15.2 Å². The summed E-state index contributed by atoms with van der Waals surface area (Å²) in [6.45, 7) is 2.18. The van der Waals surface area contributed by atoms with E-state index < -0.39 is 11.7 Å². The highest BCUT2D eigenvalue weighted by molar-refractivity contribution is 6.00. The van der Waals surface area contributed by atoms with Crippen LogP contribution < -0.4 is 10.9 Å². The lowest BCUT2D eigenvalue weighted by molar-refractivity contribution is -0.137. The molecule has 0 saturated carbocycles. The molecular formula is C25H21F3N4O2. The van der Waals surface area contributed by atoms with Crippen molar-refractivity contribution in [2.45, 2.75) is 19.6 Å². The third-order valence-corrected chi connectivity index (χ3v) is 5.30. The predicted octanol–water partition coefficient (Wildman–Crippen LogP) is 5.35. The largest absolute Gasteiger partial charge is 0.416 e. The molecule has 2 N–H and O–H groups in total. The summed E-state index contributed by atoms with van der Waals surface area (Å²) in [6.07, 6.45) is -4.48. The Morgan fingerprint density at radius 2 is 1.76 bits per heavy atom. The molecule has 0 spiro atoms. The number of rotatable bonds is 6. The van der Waals surface area contributed by atoms with Crippen LogP contribution in [0.25, 0.3) is 10.9 Å². The fraction of sp³-hybridized carbons (Fsp3) is 0.160. The summed E-state index contributed by atoms with van der Waals surface area (Å²) in [5, 5.41) is 3.38. The lowest BCUT2D eigenvalue weighted by Gasteiger charge is -2.22. The Hall–Kier alpha value is -4.14. The minimum absolute atomic E-state index is 0.0628. The van der Waals surface area contributed by atoms with Crippen molar-refractivity contribution in [2.75, 3.05) is 11.9 Å². The monoisotopic (exact) mass is 466 g/mol. The van der Waals surface area contributed by atoms with Crippen molar-refractivity contribution in [2.24, 2.45) is 0 Å². The van der Waals surface area contributed by atoms with E-state index in [9.17, 15) is 22.8 Å². The standard InChI is InChI=1S/C25H21F3N4O2/c1-2-32(15-22-30-20-12-5-3-10-18(20)23(33)31-22)24(34)19-11-4-6-13-21(19)29-17-9-7-8-16(14-17)25(26,27)28/h3-14,29H,2,15H2,1H3,(H,30,31,33). The first-order valence-electron chi connectivity index (χ1n) is 10.6. The van der Waals surface area contributed by atoms with Gasteiger partial charge in [-0.2, -0.15) is 13.2 Å². The zero-order valence-corrected chi connectivity index (χ0v) is 18.2.